The summed E-state index contributed by atoms with van der Waals surface area (Å²) in [5.41, 5.74) is 1.15. The Morgan fingerprint density at radius 3 is 2.45 bits per heavy atom. The molecule has 33 heavy (non-hydrogen) atoms. The first kappa shape index (κ1) is 24.2. The van der Waals surface area contributed by atoms with Crippen molar-refractivity contribution in [2.75, 3.05) is 31.5 Å². The summed E-state index contributed by atoms with van der Waals surface area (Å²) in [5, 5.41) is 23.5. The zero-order valence-electron chi connectivity index (χ0n) is 18.4. The van der Waals surface area contributed by atoms with Crippen LogP contribution in [0.5, 0.6) is 17.2 Å². The van der Waals surface area contributed by atoms with E-state index >= 15 is 0 Å². The quantitative estimate of drug-likeness (QED) is 0.273. The van der Waals surface area contributed by atoms with E-state index in [-0.39, 0.29) is 33.5 Å². The second-order valence-electron chi connectivity index (χ2n) is 6.67. The molecule has 0 aliphatic rings. The van der Waals surface area contributed by atoms with Crippen molar-refractivity contribution in [2.45, 2.75) is 17.0 Å². The van der Waals surface area contributed by atoms with Gasteiger partial charge in [0, 0.05) is 5.56 Å². The van der Waals surface area contributed by atoms with Gasteiger partial charge in [0.25, 0.3) is 0 Å². The molecule has 2 aromatic carbocycles. The average Bonchev–Trinajstić information content (AvgIpc) is 2.84. The van der Waals surface area contributed by atoms with E-state index in [0.29, 0.717) is 27.9 Å². The number of nitrogens with zero attached hydrogens (tertiary/aromatic N) is 3. The summed E-state index contributed by atoms with van der Waals surface area (Å²) < 4.78 is 35.2. The molecule has 0 radical (unpaired) electrons. The second-order valence-corrected chi connectivity index (χ2v) is 9.72. The van der Waals surface area contributed by atoms with Crippen molar-refractivity contribution < 1.29 is 23.0 Å². The number of aromatic hydroxyl groups is 1. The lowest BCUT2D eigenvalue weighted by atomic mass is 10.1. The number of nitriles is 1. The van der Waals surface area contributed by atoms with Crippen LogP contribution in [0, 0.1) is 11.3 Å². The molecule has 0 aliphatic carbocycles. The van der Waals surface area contributed by atoms with Crippen molar-refractivity contribution in [2.24, 2.45) is 0 Å². The van der Waals surface area contributed by atoms with Crippen LogP contribution in [0.1, 0.15) is 12.5 Å². The molecule has 0 saturated heterocycles. The van der Waals surface area contributed by atoms with Crippen molar-refractivity contribution in [3.05, 3.63) is 42.0 Å². The number of hydrogen-bond donors (Lipinski definition) is 2. The molecule has 0 amide bonds. The number of thioether (sulfide) groups is 1. The van der Waals surface area contributed by atoms with Gasteiger partial charge in [0.05, 0.1) is 36.2 Å². The average molecular weight is 487 g/mol. The maximum atomic E-state index is 12.3. The van der Waals surface area contributed by atoms with Gasteiger partial charge in [-0.1, -0.05) is 18.7 Å². The minimum absolute atomic E-state index is 0.0445. The third-order valence-electron chi connectivity index (χ3n) is 4.80. The molecule has 0 atom stereocenters. The van der Waals surface area contributed by atoms with Crippen molar-refractivity contribution >= 4 is 33.1 Å². The van der Waals surface area contributed by atoms with E-state index in [9.17, 15) is 18.8 Å². The van der Waals surface area contributed by atoms with E-state index in [4.69, 9.17) is 9.47 Å². The standard InChI is InChI=1S/C22H22N4O5S2/c1-5-33(28,29)14-7-8-17(27)16(11-14)24-21-15(12-23)20(25-22(26-21)32-4)13-6-9-18(30-2)19(10-13)31-3/h6-11,27H,5H2,1-4H3,(H,24,25,26). The zero-order valence-corrected chi connectivity index (χ0v) is 20.0. The molecule has 1 aromatic heterocycles. The first-order valence-electron chi connectivity index (χ1n) is 9.69. The lowest BCUT2D eigenvalue weighted by Gasteiger charge is -2.15. The Bertz CT molecular complexity index is 1340. The molecule has 11 heteroatoms. The van der Waals surface area contributed by atoms with Crippen LogP contribution in [-0.4, -0.2) is 49.7 Å². The summed E-state index contributed by atoms with van der Waals surface area (Å²) >= 11 is 1.27. The fourth-order valence-electron chi connectivity index (χ4n) is 3.02. The Morgan fingerprint density at radius 2 is 1.85 bits per heavy atom. The Balaban J connectivity index is 2.18. The highest BCUT2D eigenvalue weighted by Crippen LogP contribution is 2.37. The Kier molecular flexibility index (Phi) is 7.30. The number of benzene rings is 2. The third kappa shape index (κ3) is 4.97. The van der Waals surface area contributed by atoms with E-state index in [1.54, 1.807) is 24.5 Å². The molecule has 0 spiro atoms. The van der Waals surface area contributed by atoms with Crippen LogP contribution >= 0.6 is 11.8 Å². The van der Waals surface area contributed by atoms with Crippen LogP contribution in [0.15, 0.2) is 46.5 Å². The largest absolute Gasteiger partial charge is 0.506 e. The number of methoxy groups -OCH3 is 2. The molecule has 0 fully saturated rings. The summed E-state index contributed by atoms with van der Waals surface area (Å²) in [7, 11) is -0.471. The van der Waals surface area contributed by atoms with Crippen molar-refractivity contribution in [1.82, 2.24) is 9.97 Å². The Hall–Kier alpha value is -3.49. The summed E-state index contributed by atoms with van der Waals surface area (Å²) in [5.74, 6) is 0.840. The van der Waals surface area contributed by atoms with Gasteiger partial charge in [-0.2, -0.15) is 5.26 Å². The number of ether oxygens (including phenoxy) is 2. The van der Waals surface area contributed by atoms with Gasteiger partial charge in [0.1, 0.15) is 17.4 Å². The van der Waals surface area contributed by atoms with Crippen LogP contribution in [0.25, 0.3) is 11.3 Å². The lowest BCUT2D eigenvalue weighted by molar-refractivity contribution is 0.355. The topological polar surface area (TPSA) is 134 Å². The van der Waals surface area contributed by atoms with Crippen molar-refractivity contribution in [3.8, 4) is 34.6 Å². The van der Waals surface area contributed by atoms with Gasteiger partial charge in [-0.15, -0.1) is 0 Å². The predicted molar refractivity (Wildman–Crippen MR) is 126 cm³/mol. The number of hydrogen-bond acceptors (Lipinski definition) is 10. The molecule has 9 nitrogen and oxygen atoms in total. The SMILES string of the molecule is CCS(=O)(=O)c1ccc(O)c(Nc2nc(SC)nc(-c3ccc(OC)c(OC)c3)c2C#N)c1. The van der Waals surface area contributed by atoms with Gasteiger partial charge in [0.15, 0.2) is 32.3 Å². The molecule has 0 bridgehead atoms. The molecule has 3 aromatic rings. The van der Waals surface area contributed by atoms with Gasteiger partial charge in [0.2, 0.25) is 0 Å². The maximum absolute atomic E-state index is 12.3. The summed E-state index contributed by atoms with van der Waals surface area (Å²) in [4.78, 5) is 8.91. The summed E-state index contributed by atoms with van der Waals surface area (Å²) in [6.07, 6.45) is 1.79. The van der Waals surface area contributed by atoms with Crippen LogP contribution in [0.4, 0.5) is 11.5 Å². The van der Waals surface area contributed by atoms with Gasteiger partial charge in [-0.05, 0) is 42.7 Å². The molecule has 0 aliphatic heterocycles. The van der Waals surface area contributed by atoms with E-state index in [1.165, 1.54) is 51.1 Å². The lowest BCUT2D eigenvalue weighted by Crippen LogP contribution is -2.06. The molecule has 172 valence electrons. The number of nitrogens with one attached hydrogen (secondary N) is 1. The highest BCUT2D eigenvalue weighted by atomic mass is 32.2. The molecule has 0 saturated carbocycles. The van der Waals surface area contributed by atoms with Crippen LogP contribution in [-0.2, 0) is 9.84 Å². The molecule has 1 heterocycles. The number of anilines is 2. The molecule has 2 N–H and O–H groups in total. The predicted octanol–water partition coefficient (Wildman–Crippen LogP) is 4.00. The van der Waals surface area contributed by atoms with E-state index in [0.717, 1.165) is 0 Å². The zero-order chi connectivity index (χ0) is 24.2. The fraction of sp³-hybridized carbons (Fsp3) is 0.227. The Morgan fingerprint density at radius 1 is 1.12 bits per heavy atom. The molecular weight excluding hydrogens is 464 g/mol. The number of phenols is 1. The first-order valence-corrected chi connectivity index (χ1v) is 12.6. The highest BCUT2D eigenvalue weighted by Gasteiger charge is 2.20. The summed E-state index contributed by atoms with van der Waals surface area (Å²) in [6.45, 7) is 1.54. The van der Waals surface area contributed by atoms with Crippen LogP contribution < -0.4 is 14.8 Å². The van der Waals surface area contributed by atoms with Crippen LogP contribution in [0.2, 0.25) is 0 Å². The monoisotopic (exact) mass is 486 g/mol. The van der Waals surface area contributed by atoms with Crippen LogP contribution in [0.3, 0.4) is 0 Å². The number of rotatable bonds is 8. The maximum Gasteiger partial charge on any atom is 0.189 e. The first-order chi connectivity index (χ1) is 15.8. The number of sulfone groups is 1. The number of phenolic OH excluding ortho intramolecular Hbond substituents is 1. The van der Waals surface area contributed by atoms with E-state index in [2.05, 4.69) is 21.4 Å². The normalized spacial score (nSPS) is 11.0. The van der Waals surface area contributed by atoms with Gasteiger partial charge >= 0.3 is 0 Å². The summed E-state index contributed by atoms with van der Waals surface area (Å²) in [6, 6.07) is 11.2. The third-order valence-corrected chi connectivity index (χ3v) is 7.08. The minimum atomic E-state index is -3.50. The minimum Gasteiger partial charge on any atom is -0.506 e. The van der Waals surface area contributed by atoms with Crippen molar-refractivity contribution in [3.63, 3.8) is 0 Å². The van der Waals surface area contributed by atoms with Gasteiger partial charge in [-0.3, -0.25) is 0 Å². The van der Waals surface area contributed by atoms with Crippen molar-refractivity contribution in [1.29, 1.82) is 5.26 Å². The number of aromatic nitrogens is 2. The molecule has 3 rings (SSSR count). The van der Waals surface area contributed by atoms with E-state index < -0.39 is 9.84 Å². The van der Waals surface area contributed by atoms with Gasteiger partial charge < -0.3 is 19.9 Å². The molecule has 0 unspecified atom stereocenters. The van der Waals surface area contributed by atoms with E-state index in [1.807, 2.05) is 0 Å². The highest BCUT2D eigenvalue weighted by molar-refractivity contribution is 7.98. The second kappa shape index (κ2) is 9.97. The fourth-order valence-corrected chi connectivity index (χ4v) is 4.29. The Labute approximate surface area is 196 Å². The smallest absolute Gasteiger partial charge is 0.189 e. The molecular formula is C22H22N4O5S2. The van der Waals surface area contributed by atoms with Gasteiger partial charge in [-0.25, -0.2) is 18.4 Å².